The topological polar surface area (TPSA) is 93.5 Å². The van der Waals surface area contributed by atoms with Gasteiger partial charge < -0.3 is 10.2 Å². The lowest BCUT2D eigenvalue weighted by Crippen LogP contribution is -2.38. The van der Waals surface area contributed by atoms with E-state index in [1.54, 1.807) is 23.1 Å². The fourth-order valence-electron chi connectivity index (χ4n) is 3.39. The number of carbonyl (C=O) groups excluding carboxylic acids is 1. The maximum atomic E-state index is 12.9. The Morgan fingerprint density at radius 2 is 1.92 bits per heavy atom. The molecule has 1 aromatic carbocycles. The van der Waals surface area contributed by atoms with Gasteiger partial charge >= 0.3 is 0 Å². The van der Waals surface area contributed by atoms with E-state index in [2.05, 4.69) is 11.4 Å². The summed E-state index contributed by atoms with van der Waals surface area (Å²) in [7, 11) is -3.61. The van der Waals surface area contributed by atoms with Crippen molar-refractivity contribution in [3.05, 3.63) is 29.8 Å². The van der Waals surface area contributed by atoms with Crippen molar-refractivity contribution in [3.8, 4) is 6.07 Å². The molecule has 2 saturated heterocycles. The Hall–Kier alpha value is -1.95. The molecule has 0 aliphatic carbocycles. The first-order chi connectivity index (χ1) is 12.5. The van der Waals surface area contributed by atoms with Crippen molar-refractivity contribution in [1.82, 2.24) is 14.5 Å². The Bertz CT molecular complexity index is 787. The van der Waals surface area contributed by atoms with E-state index in [9.17, 15) is 13.2 Å². The lowest BCUT2D eigenvalue weighted by molar-refractivity contribution is 0.0707. The molecule has 0 atom stereocenters. The molecule has 2 aliphatic heterocycles. The summed E-state index contributed by atoms with van der Waals surface area (Å²) in [5.41, 5.74) is 0.384. The number of amides is 1. The Kier molecular flexibility index (Phi) is 5.91. The number of sulfonamides is 1. The van der Waals surface area contributed by atoms with E-state index >= 15 is 0 Å². The van der Waals surface area contributed by atoms with Crippen molar-refractivity contribution < 1.29 is 13.2 Å². The van der Waals surface area contributed by atoms with Crippen molar-refractivity contribution in [2.24, 2.45) is 5.92 Å². The van der Waals surface area contributed by atoms with Gasteiger partial charge in [-0.1, -0.05) is 6.07 Å². The minimum atomic E-state index is -3.61. The van der Waals surface area contributed by atoms with Crippen LogP contribution < -0.4 is 5.32 Å². The maximum absolute atomic E-state index is 12.9. The molecule has 0 radical (unpaired) electrons. The molecule has 0 aromatic heterocycles. The van der Waals surface area contributed by atoms with Crippen LogP contribution in [-0.4, -0.2) is 62.8 Å². The zero-order valence-electron chi connectivity index (χ0n) is 14.7. The molecule has 2 fully saturated rings. The largest absolute Gasteiger partial charge is 0.339 e. The van der Waals surface area contributed by atoms with Crippen LogP contribution >= 0.6 is 0 Å². The van der Waals surface area contributed by atoms with Gasteiger partial charge in [-0.3, -0.25) is 4.79 Å². The van der Waals surface area contributed by atoms with Gasteiger partial charge in [0, 0.05) is 44.2 Å². The quantitative estimate of drug-likeness (QED) is 0.851. The Morgan fingerprint density at radius 3 is 2.65 bits per heavy atom. The molecule has 1 amide bonds. The molecule has 0 spiro atoms. The van der Waals surface area contributed by atoms with E-state index in [0.717, 1.165) is 13.0 Å². The van der Waals surface area contributed by atoms with Crippen molar-refractivity contribution in [2.45, 2.75) is 24.2 Å². The summed E-state index contributed by atoms with van der Waals surface area (Å²) in [6, 6.07) is 8.55. The van der Waals surface area contributed by atoms with Crippen LogP contribution in [0, 0.1) is 17.2 Å². The Balaban J connectivity index is 1.77. The number of rotatable bonds is 3. The summed E-state index contributed by atoms with van der Waals surface area (Å²) in [6.45, 7) is 3.42. The van der Waals surface area contributed by atoms with Gasteiger partial charge in [-0.15, -0.1) is 0 Å². The Morgan fingerprint density at radius 1 is 1.15 bits per heavy atom. The number of benzene rings is 1. The third-order valence-electron chi connectivity index (χ3n) is 4.98. The van der Waals surface area contributed by atoms with Crippen molar-refractivity contribution in [1.29, 1.82) is 5.26 Å². The standard InChI is InChI=1S/C18H24N4O3S/c19-14-15-5-10-21(11-6-15)18(23)16-3-1-4-17(13-16)26(24,25)22-9-2-7-20-8-12-22/h1,3-4,13,15,20H,2,5-12H2. The molecule has 140 valence electrons. The second kappa shape index (κ2) is 8.16. The SMILES string of the molecule is N#CC1CCN(C(=O)c2cccc(S(=O)(=O)N3CCCNCC3)c2)CC1. The van der Waals surface area contributed by atoms with Gasteiger partial charge in [-0.2, -0.15) is 9.57 Å². The first-order valence-electron chi connectivity index (χ1n) is 9.02. The van der Waals surface area contributed by atoms with Crippen LogP contribution in [0.25, 0.3) is 0 Å². The van der Waals surface area contributed by atoms with Gasteiger partial charge in [0.1, 0.15) is 0 Å². The fraction of sp³-hybridized carbons (Fsp3) is 0.556. The van der Waals surface area contributed by atoms with E-state index in [1.807, 2.05) is 0 Å². The molecule has 1 aromatic rings. The minimum Gasteiger partial charge on any atom is -0.339 e. The predicted octanol–water partition coefficient (Wildman–Crippen LogP) is 1.05. The van der Waals surface area contributed by atoms with E-state index in [0.29, 0.717) is 51.1 Å². The maximum Gasteiger partial charge on any atom is 0.253 e. The van der Waals surface area contributed by atoms with Gasteiger partial charge in [0.15, 0.2) is 0 Å². The normalized spacial score (nSPS) is 20.3. The summed E-state index contributed by atoms with van der Waals surface area (Å²) in [5.74, 6) is -0.168. The zero-order chi connectivity index (χ0) is 18.6. The molecule has 8 heteroatoms. The first kappa shape index (κ1) is 18.8. The number of nitrogens with one attached hydrogen (secondary N) is 1. The minimum absolute atomic E-state index is 0.00223. The summed E-state index contributed by atoms with van der Waals surface area (Å²) in [5, 5.41) is 12.2. The summed E-state index contributed by atoms with van der Waals surface area (Å²) in [6.07, 6.45) is 2.10. The third-order valence-corrected chi connectivity index (χ3v) is 6.88. The molecule has 2 aliphatic rings. The number of carbonyl (C=O) groups is 1. The van der Waals surface area contributed by atoms with E-state index in [-0.39, 0.29) is 16.7 Å². The molecule has 26 heavy (non-hydrogen) atoms. The highest BCUT2D eigenvalue weighted by Crippen LogP contribution is 2.21. The van der Waals surface area contributed by atoms with Gasteiger partial charge in [0.2, 0.25) is 10.0 Å². The average Bonchev–Trinajstić information content (AvgIpc) is 2.98. The number of piperidine rings is 1. The van der Waals surface area contributed by atoms with E-state index in [4.69, 9.17) is 5.26 Å². The van der Waals surface area contributed by atoms with Crippen LogP contribution in [0.1, 0.15) is 29.6 Å². The molecule has 3 rings (SSSR count). The zero-order valence-corrected chi connectivity index (χ0v) is 15.5. The third kappa shape index (κ3) is 4.06. The fourth-order valence-corrected chi connectivity index (χ4v) is 4.92. The highest BCUT2D eigenvalue weighted by molar-refractivity contribution is 7.89. The number of hydrogen-bond acceptors (Lipinski definition) is 5. The van der Waals surface area contributed by atoms with Crippen LogP contribution in [0.4, 0.5) is 0 Å². The smallest absolute Gasteiger partial charge is 0.253 e. The van der Waals surface area contributed by atoms with Crippen molar-refractivity contribution >= 4 is 15.9 Å². The van der Waals surface area contributed by atoms with E-state index in [1.165, 1.54) is 10.4 Å². The molecular weight excluding hydrogens is 352 g/mol. The number of likely N-dealkylation sites (tertiary alicyclic amines) is 1. The summed E-state index contributed by atoms with van der Waals surface area (Å²) < 4.78 is 27.3. The molecule has 0 bridgehead atoms. The van der Waals surface area contributed by atoms with Gasteiger partial charge in [0.05, 0.1) is 11.0 Å². The first-order valence-corrected chi connectivity index (χ1v) is 10.5. The highest BCUT2D eigenvalue weighted by Gasteiger charge is 2.27. The summed E-state index contributed by atoms with van der Waals surface area (Å²) >= 11 is 0. The molecule has 0 unspecified atom stereocenters. The second-order valence-electron chi connectivity index (χ2n) is 6.73. The lowest BCUT2D eigenvalue weighted by atomic mass is 9.98. The van der Waals surface area contributed by atoms with Crippen molar-refractivity contribution in [3.63, 3.8) is 0 Å². The monoisotopic (exact) mass is 376 g/mol. The van der Waals surface area contributed by atoms with Gasteiger partial charge in [-0.05, 0) is 44.0 Å². The molecule has 2 heterocycles. The van der Waals surface area contributed by atoms with Crippen LogP contribution in [0.2, 0.25) is 0 Å². The average molecular weight is 376 g/mol. The second-order valence-corrected chi connectivity index (χ2v) is 8.67. The Labute approximate surface area is 154 Å². The van der Waals surface area contributed by atoms with Crippen LogP contribution in [0.15, 0.2) is 29.2 Å². The van der Waals surface area contributed by atoms with Crippen LogP contribution in [-0.2, 0) is 10.0 Å². The van der Waals surface area contributed by atoms with Crippen LogP contribution in [0.5, 0.6) is 0 Å². The van der Waals surface area contributed by atoms with Gasteiger partial charge in [0.25, 0.3) is 5.91 Å². The number of hydrogen-bond donors (Lipinski definition) is 1. The van der Waals surface area contributed by atoms with Gasteiger partial charge in [-0.25, -0.2) is 8.42 Å². The number of nitrogens with zero attached hydrogens (tertiary/aromatic N) is 3. The van der Waals surface area contributed by atoms with E-state index < -0.39 is 10.0 Å². The molecular formula is C18H24N4O3S. The predicted molar refractivity (Wildman–Crippen MR) is 96.9 cm³/mol. The molecule has 1 N–H and O–H groups in total. The molecule has 7 nitrogen and oxygen atoms in total. The lowest BCUT2D eigenvalue weighted by Gasteiger charge is -2.29. The van der Waals surface area contributed by atoms with Crippen molar-refractivity contribution in [2.75, 3.05) is 39.3 Å². The van der Waals surface area contributed by atoms with Crippen LogP contribution in [0.3, 0.4) is 0 Å². The summed E-state index contributed by atoms with van der Waals surface area (Å²) in [4.78, 5) is 14.6. The number of nitriles is 1. The highest BCUT2D eigenvalue weighted by atomic mass is 32.2. The molecule has 0 saturated carbocycles.